The average Bonchev–Trinajstić information content (AvgIpc) is 2.57. The highest BCUT2D eigenvalue weighted by molar-refractivity contribution is 7.53. The zero-order valence-electron chi connectivity index (χ0n) is 8.43. The smallest absolute Gasteiger partial charge is 0.338 e. The second-order valence-electron chi connectivity index (χ2n) is 2.68. The van der Waals surface area contributed by atoms with Crippen molar-refractivity contribution < 1.29 is 18.0 Å². The van der Waals surface area contributed by atoms with Gasteiger partial charge in [-0.1, -0.05) is 0 Å². The maximum atomic E-state index is 12.0. The van der Waals surface area contributed by atoms with E-state index in [4.69, 9.17) is 13.5 Å². The van der Waals surface area contributed by atoms with E-state index < -0.39 is 7.60 Å². The first-order valence-electron chi connectivity index (χ1n) is 4.60. The largest absolute Gasteiger partial charge is 0.469 e. The molecule has 0 aliphatic rings. The minimum absolute atomic E-state index is 0.196. The molecule has 0 aliphatic carbocycles. The molecule has 0 aromatic carbocycles. The molecule has 0 aliphatic heterocycles. The molecule has 1 aromatic rings. The van der Waals surface area contributed by atoms with E-state index in [0.717, 1.165) is 0 Å². The average molecular weight is 218 g/mol. The number of hydrogen-bond acceptors (Lipinski definition) is 4. The summed E-state index contributed by atoms with van der Waals surface area (Å²) in [5.41, 5.74) is 0. The molecule has 0 N–H and O–H groups in total. The fraction of sp³-hybridized carbons (Fsp3) is 0.556. The molecule has 1 aromatic heterocycles. The van der Waals surface area contributed by atoms with Crippen molar-refractivity contribution in [3.8, 4) is 0 Å². The minimum Gasteiger partial charge on any atom is -0.469 e. The second-order valence-corrected chi connectivity index (χ2v) is 4.74. The van der Waals surface area contributed by atoms with Crippen LogP contribution in [0.2, 0.25) is 0 Å². The van der Waals surface area contributed by atoms with Gasteiger partial charge in [0.15, 0.2) is 0 Å². The fourth-order valence-corrected chi connectivity index (χ4v) is 2.72. The van der Waals surface area contributed by atoms with Gasteiger partial charge in [0.1, 0.15) is 11.9 Å². The molecule has 0 spiro atoms. The Morgan fingerprint density at radius 2 is 2.00 bits per heavy atom. The first kappa shape index (κ1) is 11.5. The van der Waals surface area contributed by atoms with E-state index in [1.807, 2.05) is 0 Å². The summed E-state index contributed by atoms with van der Waals surface area (Å²) in [4.78, 5) is 0. The summed E-state index contributed by atoms with van der Waals surface area (Å²) in [5.74, 6) is 0.621. The third-order valence-corrected chi connectivity index (χ3v) is 3.58. The van der Waals surface area contributed by atoms with Crippen molar-refractivity contribution in [2.24, 2.45) is 0 Å². The van der Waals surface area contributed by atoms with Crippen LogP contribution in [0, 0.1) is 0 Å². The van der Waals surface area contributed by atoms with Gasteiger partial charge in [-0.15, -0.1) is 0 Å². The van der Waals surface area contributed by atoms with Gasteiger partial charge in [-0.05, 0) is 26.0 Å². The van der Waals surface area contributed by atoms with E-state index >= 15 is 0 Å². The summed E-state index contributed by atoms with van der Waals surface area (Å²) >= 11 is 0. The van der Waals surface area contributed by atoms with Crippen LogP contribution in [0.5, 0.6) is 0 Å². The third kappa shape index (κ3) is 3.29. The van der Waals surface area contributed by atoms with E-state index in [-0.39, 0.29) is 6.16 Å². The molecule has 80 valence electrons. The van der Waals surface area contributed by atoms with Crippen LogP contribution in [0.4, 0.5) is 0 Å². The molecule has 4 nitrogen and oxygen atoms in total. The molecule has 0 unspecified atom stereocenters. The molecule has 0 amide bonds. The summed E-state index contributed by atoms with van der Waals surface area (Å²) in [7, 11) is -3.00. The normalized spacial score (nSPS) is 11.9. The second kappa shape index (κ2) is 5.35. The Morgan fingerprint density at radius 3 is 2.43 bits per heavy atom. The summed E-state index contributed by atoms with van der Waals surface area (Å²) in [6.07, 6.45) is 1.74. The van der Waals surface area contributed by atoms with Gasteiger partial charge in [0.25, 0.3) is 0 Å². The zero-order chi connectivity index (χ0) is 10.4. The SMILES string of the molecule is CCOP(=O)(Cc1ccco1)OCC. The molecule has 0 atom stereocenters. The number of rotatable bonds is 6. The third-order valence-electron chi connectivity index (χ3n) is 1.58. The van der Waals surface area contributed by atoms with Crippen molar-refractivity contribution in [2.45, 2.75) is 20.0 Å². The van der Waals surface area contributed by atoms with Crippen LogP contribution in [0.1, 0.15) is 19.6 Å². The highest BCUT2D eigenvalue weighted by atomic mass is 31.2. The summed E-state index contributed by atoms with van der Waals surface area (Å²) in [5, 5.41) is 0. The van der Waals surface area contributed by atoms with Gasteiger partial charge < -0.3 is 13.5 Å². The zero-order valence-corrected chi connectivity index (χ0v) is 9.33. The van der Waals surface area contributed by atoms with Crippen molar-refractivity contribution in [3.05, 3.63) is 24.2 Å². The predicted octanol–water partition coefficient (Wildman–Crippen LogP) is 3.05. The van der Waals surface area contributed by atoms with Crippen LogP contribution in [-0.2, 0) is 19.8 Å². The van der Waals surface area contributed by atoms with Crippen molar-refractivity contribution in [3.63, 3.8) is 0 Å². The Bertz CT molecular complexity index is 284. The molecule has 1 rings (SSSR count). The van der Waals surface area contributed by atoms with Crippen LogP contribution in [0.15, 0.2) is 22.8 Å². The number of furan rings is 1. The molecular formula is C9H15O4P. The van der Waals surface area contributed by atoms with Gasteiger partial charge in [-0.2, -0.15) is 0 Å². The Labute approximate surface area is 83.7 Å². The molecule has 0 fully saturated rings. The van der Waals surface area contributed by atoms with E-state index in [1.165, 1.54) is 6.26 Å². The Kier molecular flexibility index (Phi) is 4.39. The standard InChI is InChI=1S/C9H15O4P/c1-3-12-14(10,13-4-2)8-9-6-5-7-11-9/h5-7H,3-4,8H2,1-2H3. The van der Waals surface area contributed by atoms with Crippen LogP contribution >= 0.6 is 7.60 Å². The molecule has 0 bridgehead atoms. The quantitative estimate of drug-likeness (QED) is 0.688. The topological polar surface area (TPSA) is 48.7 Å². The Hall–Kier alpha value is -0.570. The molecule has 0 saturated heterocycles. The van der Waals surface area contributed by atoms with E-state index in [2.05, 4.69) is 0 Å². The molecule has 0 saturated carbocycles. The van der Waals surface area contributed by atoms with Gasteiger partial charge in [0.2, 0.25) is 0 Å². The van der Waals surface area contributed by atoms with E-state index in [1.54, 1.807) is 26.0 Å². The highest BCUT2D eigenvalue weighted by Gasteiger charge is 2.25. The van der Waals surface area contributed by atoms with E-state index in [9.17, 15) is 4.57 Å². The predicted molar refractivity (Wildman–Crippen MR) is 53.3 cm³/mol. The summed E-state index contributed by atoms with van der Waals surface area (Å²) in [6, 6.07) is 3.50. The lowest BCUT2D eigenvalue weighted by Crippen LogP contribution is -1.98. The lowest BCUT2D eigenvalue weighted by molar-refractivity contribution is 0.217. The van der Waals surface area contributed by atoms with Crippen LogP contribution in [-0.4, -0.2) is 13.2 Å². The minimum atomic E-state index is -3.00. The maximum absolute atomic E-state index is 12.0. The van der Waals surface area contributed by atoms with Crippen molar-refractivity contribution in [1.29, 1.82) is 0 Å². The Morgan fingerprint density at radius 1 is 1.36 bits per heavy atom. The maximum Gasteiger partial charge on any atom is 0.338 e. The van der Waals surface area contributed by atoms with Crippen molar-refractivity contribution in [1.82, 2.24) is 0 Å². The molecule has 1 heterocycles. The monoisotopic (exact) mass is 218 g/mol. The Balaban J connectivity index is 2.64. The van der Waals surface area contributed by atoms with Crippen LogP contribution in [0.25, 0.3) is 0 Å². The molecule has 0 radical (unpaired) electrons. The summed E-state index contributed by atoms with van der Waals surface area (Å²) < 4.78 is 27.3. The number of hydrogen-bond donors (Lipinski definition) is 0. The van der Waals surface area contributed by atoms with Gasteiger partial charge in [0, 0.05) is 0 Å². The highest BCUT2D eigenvalue weighted by Crippen LogP contribution is 2.51. The van der Waals surface area contributed by atoms with Crippen LogP contribution < -0.4 is 0 Å². The molecule has 14 heavy (non-hydrogen) atoms. The first-order chi connectivity index (χ1) is 6.70. The lowest BCUT2D eigenvalue weighted by Gasteiger charge is -2.15. The first-order valence-corrected chi connectivity index (χ1v) is 6.33. The molecular weight excluding hydrogens is 203 g/mol. The van der Waals surface area contributed by atoms with Gasteiger partial charge in [0.05, 0.1) is 19.5 Å². The fourth-order valence-electron chi connectivity index (χ4n) is 1.12. The lowest BCUT2D eigenvalue weighted by atomic mass is 10.5. The van der Waals surface area contributed by atoms with Gasteiger partial charge in [-0.25, -0.2) is 0 Å². The summed E-state index contributed by atoms with van der Waals surface area (Å²) in [6.45, 7) is 4.32. The van der Waals surface area contributed by atoms with Crippen molar-refractivity contribution >= 4 is 7.60 Å². The molecule has 5 heteroatoms. The van der Waals surface area contributed by atoms with Gasteiger partial charge in [-0.3, -0.25) is 4.57 Å². The van der Waals surface area contributed by atoms with E-state index in [0.29, 0.717) is 19.0 Å². The van der Waals surface area contributed by atoms with Crippen LogP contribution in [0.3, 0.4) is 0 Å². The van der Waals surface area contributed by atoms with Gasteiger partial charge >= 0.3 is 7.60 Å². The van der Waals surface area contributed by atoms with Crippen molar-refractivity contribution in [2.75, 3.05) is 13.2 Å².